The third-order valence-corrected chi connectivity index (χ3v) is 4.01. The van der Waals surface area contributed by atoms with E-state index in [0.29, 0.717) is 17.1 Å². The molecule has 88 valence electrons. The number of thiophene rings is 1. The molecule has 0 radical (unpaired) electrons. The van der Waals surface area contributed by atoms with Gasteiger partial charge in [0.2, 0.25) is 0 Å². The Hall–Kier alpha value is -1.15. The number of aromatic nitrogens is 1. The predicted octanol–water partition coefficient (Wildman–Crippen LogP) is 2.89. The summed E-state index contributed by atoms with van der Waals surface area (Å²) in [7, 11) is 0. The van der Waals surface area contributed by atoms with Crippen molar-refractivity contribution in [3.05, 3.63) is 37.7 Å². The molecule has 0 unspecified atom stereocenters. The molecule has 0 spiro atoms. The Morgan fingerprint density at radius 1 is 1.53 bits per heavy atom. The van der Waals surface area contributed by atoms with Crippen molar-refractivity contribution in [1.82, 2.24) is 4.98 Å². The summed E-state index contributed by atoms with van der Waals surface area (Å²) in [4.78, 5) is 15.9. The number of nitrogens with one attached hydrogen (secondary N) is 1. The number of halogens is 1. The van der Waals surface area contributed by atoms with Gasteiger partial charge < -0.3 is 11.1 Å². The molecule has 17 heavy (non-hydrogen) atoms. The lowest BCUT2D eigenvalue weighted by atomic mass is 10.2. The van der Waals surface area contributed by atoms with Crippen LogP contribution in [0, 0.1) is 9.81 Å². The van der Waals surface area contributed by atoms with Crippen LogP contribution in [0.5, 0.6) is 0 Å². The minimum absolute atomic E-state index is 0.152. The standard InChI is InChI=1S/C11H10IN3OS/c1-6-2-10(14-4-8(6)13)15-11(16)7-3-9(12)17-5-7/h2-5H,13H2,1H3,(H,14,15,16). The van der Waals surface area contributed by atoms with E-state index in [-0.39, 0.29) is 5.91 Å². The highest BCUT2D eigenvalue weighted by molar-refractivity contribution is 14.1. The Bertz CT molecular complexity index is 568. The number of amides is 1. The molecule has 4 nitrogen and oxygen atoms in total. The number of hydrogen-bond acceptors (Lipinski definition) is 4. The molecular formula is C11H10IN3OS. The molecule has 0 fully saturated rings. The molecular weight excluding hydrogens is 349 g/mol. The topological polar surface area (TPSA) is 68.0 Å². The van der Waals surface area contributed by atoms with Crippen LogP contribution in [0.25, 0.3) is 0 Å². The Labute approximate surface area is 116 Å². The second kappa shape index (κ2) is 5.01. The number of aryl methyl sites for hydroxylation is 1. The number of nitrogens with two attached hydrogens (primary N) is 1. The Morgan fingerprint density at radius 2 is 2.29 bits per heavy atom. The normalized spacial score (nSPS) is 10.2. The van der Waals surface area contributed by atoms with Gasteiger partial charge in [-0.1, -0.05) is 0 Å². The summed E-state index contributed by atoms with van der Waals surface area (Å²) in [5, 5.41) is 4.56. The molecule has 0 saturated heterocycles. The summed E-state index contributed by atoms with van der Waals surface area (Å²) in [6, 6.07) is 3.59. The molecule has 0 bridgehead atoms. The largest absolute Gasteiger partial charge is 0.397 e. The van der Waals surface area contributed by atoms with Crippen molar-refractivity contribution in [2.75, 3.05) is 11.1 Å². The van der Waals surface area contributed by atoms with Crippen molar-refractivity contribution in [2.45, 2.75) is 6.92 Å². The van der Waals surface area contributed by atoms with E-state index >= 15 is 0 Å². The minimum atomic E-state index is -0.152. The zero-order chi connectivity index (χ0) is 12.4. The summed E-state index contributed by atoms with van der Waals surface area (Å²) < 4.78 is 1.08. The molecule has 0 aliphatic heterocycles. The van der Waals surface area contributed by atoms with Gasteiger partial charge in [0.15, 0.2) is 0 Å². The molecule has 2 aromatic rings. The highest BCUT2D eigenvalue weighted by atomic mass is 127. The van der Waals surface area contributed by atoms with E-state index in [1.807, 2.05) is 18.4 Å². The molecule has 0 aliphatic rings. The fraction of sp³-hybridized carbons (Fsp3) is 0.0909. The van der Waals surface area contributed by atoms with E-state index < -0.39 is 0 Å². The van der Waals surface area contributed by atoms with Gasteiger partial charge in [-0.15, -0.1) is 11.3 Å². The second-order valence-corrected chi connectivity index (χ2v) is 6.33. The summed E-state index contributed by atoms with van der Waals surface area (Å²) in [5.74, 6) is 0.365. The number of carbonyl (C=O) groups is 1. The van der Waals surface area contributed by atoms with Gasteiger partial charge in [0.1, 0.15) is 5.82 Å². The van der Waals surface area contributed by atoms with Crippen molar-refractivity contribution in [3.8, 4) is 0 Å². The average Bonchev–Trinajstić information content (AvgIpc) is 2.70. The van der Waals surface area contributed by atoms with Crippen LogP contribution in [0.1, 0.15) is 15.9 Å². The third-order valence-electron chi connectivity index (χ3n) is 2.22. The summed E-state index contributed by atoms with van der Waals surface area (Å²) in [6.45, 7) is 1.88. The van der Waals surface area contributed by atoms with Gasteiger partial charge in [-0.2, -0.15) is 0 Å². The highest BCUT2D eigenvalue weighted by Gasteiger charge is 2.09. The maximum atomic E-state index is 11.8. The molecule has 3 N–H and O–H groups in total. The maximum Gasteiger partial charge on any atom is 0.257 e. The number of rotatable bonds is 2. The molecule has 0 aromatic carbocycles. The van der Waals surface area contributed by atoms with Crippen LogP contribution in [0.15, 0.2) is 23.7 Å². The van der Waals surface area contributed by atoms with E-state index in [1.165, 1.54) is 11.3 Å². The highest BCUT2D eigenvalue weighted by Crippen LogP contribution is 2.18. The molecule has 0 atom stereocenters. The predicted molar refractivity (Wildman–Crippen MR) is 78.4 cm³/mol. The van der Waals surface area contributed by atoms with Crippen LogP contribution < -0.4 is 11.1 Å². The summed E-state index contributed by atoms with van der Waals surface area (Å²) >= 11 is 3.72. The van der Waals surface area contributed by atoms with E-state index in [2.05, 4.69) is 32.9 Å². The Balaban J connectivity index is 2.15. The molecule has 2 rings (SSSR count). The number of nitrogen functional groups attached to an aromatic ring is 1. The molecule has 2 aromatic heterocycles. The van der Waals surface area contributed by atoms with Crippen molar-refractivity contribution in [2.24, 2.45) is 0 Å². The van der Waals surface area contributed by atoms with Crippen molar-refractivity contribution >= 4 is 51.3 Å². The molecule has 2 heterocycles. The van der Waals surface area contributed by atoms with Crippen LogP contribution in [-0.4, -0.2) is 10.9 Å². The van der Waals surface area contributed by atoms with Gasteiger partial charge in [0.25, 0.3) is 5.91 Å². The second-order valence-electron chi connectivity index (χ2n) is 3.52. The lowest BCUT2D eigenvalue weighted by Gasteiger charge is -2.05. The fourth-order valence-corrected chi connectivity index (χ4v) is 2.58. The van der Waals surface area contributed by atoms with E-state index in [9.17, 15) is 4.79 Å². The first-order valence-electron chi connectivity index (χ1n) is 4.84. The Kier molecular flexibility index (Phi) is 3.63. The molecule has 0 saturated carbocycles. The molecule has 6 heteroatoms. The van der Waals surface area contributed by atoms with Crippen molar-refractivity contribution < 1.29 is 4.79 Å². The monoisotopic (exact) mass is 359 g/mol. The zero-order valence-electron chi connectivity index (χ0n) is 9.03. The average molecular weight is 359 g/mol. The fourth-order valence-electron chi connectivity index (χ4n) is 1.25. The van der Waals surface area contributed by atoms with Crippen LogP contribution >= 0.6 is 33.9 Å². The van der Waals surface area contributed by atoms with Crippen molar-refractivity contribution in [1.29, 1.82) is 0 Å². The van der Waals surface area contributed by atoms with Gasteiger partial charge in [0, 0.05) is 5.38 Å². The van der Waals surface area contributed by atoms with Crippen LogP contribution in [0.4, 0.5) is 11.5 Å². The van der Waals surface area contributed by atoms with Crippen molar-refractivity contribution in [3.63, 3.8) is 0 Å². The minimum Gasteiger partial charge on any atom is -0.397 e. The number of pyridine rings is 1. The smallest absolute Gasteiger partial charge is 0.257 e. The lowest BCUT2D eigenvalue weighted by molar-refractivity contribution is 0.102. The molecule has 1 amide bonds. The van der Waals surface area contributed by atoms with E-state index in [0.717, 1.165) is 8.45 Å². The van der Waals surface area contributed by atoms with Gasteiger partial charge in [0.05, 0.1) is 20.3 Å². The number of hydrogen-bond donors (Lipinski definition) is 2. The summed E-state index contributed by atoms with van der Waals surface area (Å²) in [5.41, 5.74) is 7.83. The van der Waals surface area contributed by atoms with Crippen LogP contribution in [-0.2, 0) is 0 Å². The number of nitrogens with zero attached hydrogens (tertiary/aromatic N) is 1. The van der Waals surface area contributed by atoms with Gasteiger partial charge in [-0.25, -0.2) is 4.98 Å². The first kappa shape index (κ1) is 12.3. The zero-order valence-corrected chi connectivity index (χ0v) is 12.0. The maximum absolute atomic E-state index is 11.8. The van der Waals surface area contributed by atoms with E-state index in [1.54, 1.807) is 12.3 Å². The van der Waals surface area contributed by atoms with Gasteiger partial charge >= 0.3 is 0 Å². The first-order chi connectivity index (χ1) is 8.06. The first-order valence-corrected chi connectivity index (χ1v) is 6.79. The SMILES string of the molecule is Cc1cc(NC(=O)c2csc(I)c2)ncc1N. The number of anilines is 2. The Morgan fingerprint density at radius 3 is 2.88 bits per heavy atom. The van der Waals surface area contributed by atoms with Crippen LogP contribution in [0.2, 0.25) is 0 Å². The van der Waals surface area contributed by atoms with Gasteiger partial charge in [-0.05, 0) is 47.2 Å². The lowest BCUT2D eigenvalue weighted by Crippen LogP contribution is -2.12. The van der Waals surface area contributed by atoms with Gasteiger partial charge in [-0.3, -0.25) is 4.79 Å². The quantitative estimate of drug-likeness (QED) is 0.811. The van der Waals surface area contributed by atoms with Crippen LogP contribution in [0.3, 0.4) is 0 Å². The summed E-state index contributed by atoms with van der Waals surface area (Å²) in [6.07, 6.45) is 1.54. The van der Waals surface area contributed by atoms with E-state index in [4.69, 9.17) is 5.73 Å². The molecule has 0 aliphatic carbocycles. The third kappa shape index (κ3) is 2.95. The number of carbonyl (C=O) groups excluding carboxylic acids is 1.